The van der Waals surface area contributed by atoms with E-state index in [9.17, 15) is 0 Å². The van der Waals surface area contributed by atoms with E-state index < -0.39 is 0 Å². The summed E-state index contributed by atoms with van der Waals surface area (Å²) >= 11 is 0. The molecule has 0 bridgehead atoms. The molecule has 74 valence electrons. The topological polar surface area (TPSA) is 74.8 Å². The van der Waals surface area contributed by atoms with Crippen LogP contribution in [-0.4, -0.2) is 5.16 Å². The van der Waals surface area contributed by atoms with Gasteiger partial charge in [0.2, 0.25) is 5.88 Å². The van der Waals surface area contributed by atoms with Crippen LogP contribution in [0.15, 0.2) is 40.0 Å². The van der Waals surface area contributed by atoms with Crippen molar-refractivity contribution >= 4 is 5.88 Å². The molecule has 5 nitrogen and oxygen atoms in total. The van der Waals surface area contributed by atoms with Gasteiger partial charge in [0.05, 0.1) is 0 Å². The number of hydrogen-bond acceptors (Lipinski definition) is 3. The summed E-state index contributed by atoms with van der Waals surface area (Å²) in [5.41, 5.74) is 10.7. The SMILES string of the molecule is Cc1c(-c2ccccc2)noc1N=[N+]=[N-]. The van der Waals surface area contributed by atoms with Crippen molar-refractivity contribution < 1.29 is 4.52 Å². The summed E-state index contributed by atoms with van der Waals surface area (Å²) in [5.74, 6) is 0.219. The third-order valence-electron chi connectivity index (χ3n) is 2.08. The van der Waals surface area contributed by atoms with Crippen LogP contribution in [0.3, 0.4) is 0 Å². The maximum absolute atomic E-state index is 8.29. The molecule has 0 amide bonds. The molecule has 2 rings (SSSR count). The molecule has 0 aliphatic heterocycles. The monoisotopic (exact) mass is 200 g/mol. The molecule has 0 N–H and O–H groups in total. The molecule has 0 atom stereocenters. The molecule has 0 aliphatic carbocycles. The second-order valence-corrected chi connectivity index (χ2v) is 3.02. The van der Waals surface area contributed by atoms with Crippen LogP contribution in [0.5, 0.6) is 0 Å². The number of azide groups is 1. The first kappa shape index (κ1) is 9.30. The predicted octanol–water partition coefficient (Wildman–Crippen LogP) is 3.59. The zero-order valence-electron chi connectivity index (χ0n) is 8.08. The van der Waals surface area contributed by atoms with Crippen LogP contribution in [0.2, 0.25) is 0 Å². The molecule has 2 aromatic rings. The summed E-state index contributed by atoms with van der Waals surface area (Å²) < 4.78 is 4.92. The van der Waals surface area contributed by atoms with Crippen molar-refractivity contribution in [1.82, 2.24) is 5.16 Å². The van der Waals surface area contributed by atoms with Crippen LogP contribution in [0.25, 0.3) is 21.7 Å². The van der Waals surface area contributed by atoms with Gasteiger partial charge in [-0.15, -0.1) is 0 Å². The summed E-state index contributed by atoms with van der Waals surface area (Å²) in [6.45, 7) is 1.81. The lowest BCUT2D eigenvalue weighted by atomic mass is 10.1. The van der Waals surface area contributed by atoms with Gasteiger partial charge in [0, 0.05) is 16.0 Å². The minimum absolute atomic E-state index is 0.219. The number of hydrogen-bond donors (Lipinski definition) is 0. The largest absolute Gasteiger partial charge is 0.354 e. The summed E-state index contributed by atoms with van der Waals surface area (Å²) in [7, 11) is 0. The standard InChI is InChI=1S/C10H8N4O/c1-7-9(8-5-3-2-4-6-8)13-15-10(7)12-14-11/h2-6H,1H3. The molecule has 0 spiro atoms. The fourth-order valence-corrected chi connectivity index (χ4v) is 1.33. The van der Waals surface area contributed by atoms with Crippen LogP contribution >= 0.6 is 0 Å². The second kappa shape index (κ2) is 3.86. The lowest BCUT2D eigenvalue weighted by Gasteiger charge is -1.95. The Bertz CT molecular complexity index is 511. The summed E-state index contributed by atoms with van der Waals surface area (Å²) in [6.07, 6.45) is 0. The van der Waals surface area contributed by atoms with Crippen molar-refractivity contribution in [2.75, 3.05) is 0 Å². The minimum atomic E-state index is 0.219. The Balaban J connectivity index is 2.51. The summed E-state index contributed by atoms with van der Waals surface area (Å²) in [4.78, 5) is 2.67. The van der Waals surface area contributed by atoms with E-state index in [1.54, 1.807) is 0 Å². The van der Waals surface area contributed by atoms with Gasteiger partial charge in [-0.2, -0.15) is 0 Å². The van der Waals surface area contributed by atoms with Gasteiger partial charge in [-0.25, -0.2) is 0 Å². The first-order valence-corrected chi connectivity index (χ1v) is 4.39. The Hall–Kier alpha value is -2.26. The minimum Gasteiger partial charge on any atom is -0.354 e. The highest BCUT2D eigenvalue weighted by atomic mass is 16.5. The lowest BCUT2D eigenvalue weighted by molar-refractivity contribution is 0.431. The zero-order chi connectivity index (χ0) is 10.7. The van der Waals surface area contributed by atoms with Crippen molar-refractivity contribution in [2.45, 2.75) is 6.92 Å². The van der Waals surface area contributed by atoms with E-state index in [-0.39, 0.29) is 5.88 Å². The van der Waals surface area contributed by atoms with Crippen molar-refractivity contribution in [1.29, 1.82) is 0 Å². The Labute approximate surface area is 86.0 Å². The molecule has 1 aromatic carbocycles. The molecule has 1 aromatic heterocycles. The van der Waals surface area contributed by atoms with Crippen LogP contribution in [0.1, 0.15) is 5.56 Å². The number of rotatable bonds is 2. The molecule has 0 saturated heterocycles. The van der Waals surface area contributed by atoms with E-state index in [0.29, 0.717) is 5.69 Å². The molecule has 0 fully saturated rings. The van der Waals surface area contributed by atoms with Crippen LogP contribution < -0.4 is 0 Å². The number of aromatic nitrogens is 1. The molecule has 15 heavy (non-hydrogen) atoms. The van der Waals surface area contributed by atoms with Gasteiger partial charge in [-0.3, -0.25) is 0 Å². The van der Waals surface area contributed by atoms with Crippen molar-refractivity contribution in [2.24, 2.45) is 5.11 Å². The molecule has 5 heteroatoms. The molecule has 0 radical (unpaired) electrons. The molecule has 1 heterocycles. The maximum Gasteiger partial charge on any atom is 0.226 e. The van der Waals surface area contributed by atoms with Gasteiger partial charge >= 0.3 is 0 Å². The molecule has 0 aliphatic rings. The van der Waals surface area contributed by atoms with Gasteiger partial charge in [-0.1, -0.05) is 35.5 Å². The molecular formula is C10H8N4O. The van der Waals surface area contributed by atoms with Gasteiger partial charge in [0.1, 0.15) is 5.69 Å². The highest BCUT2D eigenvalue weighted by Crippen LogP contribution is 2.29. The normalized spacial score (nSPS) is 9.67. The van der Waals surface area contributed by atoms with Crippen molar-refractivity contribution in [3.8, 4) is 11.3 Å². The Morgan fingerprint density at radius 1 is 1.33 bits per heavy atom. The van der Waals surface area contributed by atoms with Gasteiger partial charge in [0.15, 0.2) is 0 Å². The number of nitrogens with zero attached hydrogens (tertiary/aromatic N) is 4. The van der Waals surface area contributed by atoms with E-state index >= 15 is 0 Å². The average Bonchev–Trinajstić information content (AvgIpc) is 2.63. The van der Waals surface area contributed by atoms with Gasteiger partial charge in [0.25, 0.3) is 0 Å². The van der Waals surface area contributed by atoms with Gasteiger partial charge in [-0.05, 0) is 17.6 Å². The Morgan fingerprint density at radius 3 is 2.73 bits per heavy atom. The summed E-state index contributed by atoms with van der Waals surface area (Å²) in [6, 6.07) is 9.59. The lowest BCUT2D eigenvalue weighted by Crippen LogP contribution is -1.78. The highest BCUT2D eigenvalue weighted by molar-refractivity contribution is 5.65. The quantitative estimate of drug-likeness (QED) is 0.422. The highest BCUT2D eigenvalue weighted by Gasteiger charge is 2.11. The maximum atomic E-state index is 8.29. The van der Waals surface area contributed by atoms with E-state index in [0.717, 1.165) is 11.1 Å². The first-order chi connectivity index (χ1) is 7.33. The van der Waals surface area contributed by atoms with Crippen LogP contribution in [0, 0.1) is 6.92 Å². The van der Waals surface area contributed by atoms with Gasteiger partial charge < -0.3 is 4.52 Å². The Kier molecular flexibility index (Phi) is 2.39. The molecule has 0 unspecified atom stereocenters. The Morgan fingerprint density at radius 2 is 2.07 bits per heavy atom. The third-order valence-corrected chi connectivity index (χ3v) is 2.08. The van der Waals surface area contributed by atoms with Crippen LogP contribution in [0.4, 0.5) is 5.88 Å². The van der Waals surface area contributed by atoms with E-state index in [4.69, 9.17) is 10.1 Å². The third kappa shape index (κ3) is 1.68. The van der Waals surface area contributed by atoms with E-state index in [2.05, 4.69) is 15.2 Å². The van der Waals surface area contributed by atoms with Crippen molar-refractivity contribution in [3.63, 3.8) is 0 Å². The summed E-state index contributed by atoms with van der Waals surface area (Å²) in [5, 5.41) is 7.27. The first-order valence-electron chi connectivity index (χ1n) is 4.39. The van der Waals surface area contributed by atoms with E-state index in [1.807, 2.05) is 37.3 Å². The van der Waals surface area contributed by atoms with Crippen molar-refractivity contribution in [3.05, 3.63) is 46.3 Å². The van der Waals surface area contributed by atoms with Crippen LogP contribution in [-0.2, 0) is 0 Å². The fraction of sp³-hybridized carbons (Fsp3) is 0.100. The fourth-order valence-electron chi connectivity index (χ4n) is 1.33. The zero-order valence-corrected chi connectivity index (χ0v) is 8.08. The smallest absolute Gasteiger partial charge is 0.226 e. The average molecular weight is 200 g/mol. The second-order valence-electron chi connectivity index (χ2n) is 3.02. The molecule has 0 saturated carbocycles. The van der Waals surface area contributed by atoms with E-state index in [1.165, 1.54) is 0 Å². The molecular weight excluding hydrogens is 192 g/mol. The predicted molar refractivity (Wildman–Crippen MR) is 55.5 cm³/mol. The number of benzene rings is 1.